The van der Waals surface area contributed by atoms with Crippen LogP contribution in [0, 0.1) is 75.9 Å². The molecule has 0 radical (unpaired) electrons. The van der Waals surface area contributed by atoms with Gasteiger partial charge in [-0.2, -0.15) is 0 Å². The summed E-state index contributed by atoms with van der Waals surface area (Å²) in [6.07, 6.45) is 18.3. The molecule has 13 unspecified atom stereocenters. The summed E-state index contributed by atoms with van der Waals surface area (Å²) in [5, 5.41) is 0. The number of rotatable bonds is 1. The van der Waals surface area contributed by atoms with Crippen molar-refractivity contribution >= 4 is 0 Å². The molecule has 0 heterocycles. The summed E-state index contributed by atoms with van der Waals surface area (Å²) in [6, 6.07) is 0. The van der Waals surface area contributed by atoms with Crippen LogP contribution < -0.4 is 0 Å². The third-order valence-electron chi connectivity index (χ3n) is 12.1. The van der Waals surface area contributed by atoms with Gasteiger partial charge in [-0.1, -0.05) is 25.5 Å². The molecule has 0 N–H and O–H groups in total. The summed E-state index contributed by atoms with van der Waals surface area (Å²) in [7, 11) is 0. The van der Waals surface area contributed by atoms with Crippen LogP contribution >= 0.6 is 0 Å². The van der Waals surface area contributed by atoms with Crippen molar-refractivity contribution in [1.82, 2.24) is 0 Å². The third kappa shape index (κ3) is 1.06. The Morgan fingerprint density at radius 3 is 2.71 bits per heavy atom. The SMILES string of the molecule is CCC12CC3CC4C5CC6(CC7C=CC(C7)C56)C4C4CC1C(C2)C34. The van der Waals surface area contributed by atoms with Gasteiger partial charge in [0.15, 0.2) is 0 Å². The molecule has 0 amide bonds. The van der Waals surface area contributed by atoms with Gasteiger partial charge in [0.2, 0.25) is 0 Å². The minimum Gasteiger partial charge on any atom is -0.0851 e. The Morgan fingerprint density at radius 1 is 0.833 bits per heavy atom. The summed E-state index contributed by atoms with van der Waals surface area (Å²) in [4.78, 5) is 0. The van der Waals surface area contributed by atoms with E-state index in [0.29, 0.717) is 0 Å². The predicted octanol–water partition coefficient (Wildman–Crippen LogP) is 5.54. The Kier molecular flexibility index (Phi) is 1.94. The van der Waals surface area contributed by atoms with Crippen molar-refractivity contribution in [3.05, 3.63) is 12.2 Å². The molecule has 0 aliphatic heterocycles. The van der Waals surface area contributed by atoms with E-state index in [-0.39, 0.29) is 0 Å². The van der Waals surface area contributed by atoms with E-state index < -0.39 is 0 Å². The van der Waals surface area contributed by atoms with Crippen LogP contribution in [0.15, 0.2) is 12.2 Å². The average Bonchev–Trinajstić information content (AvgIpc) is 3.24. The lowest BCUT2D eigenvalue weighted by Gasteiger charge is -2.63. The van der Waals surface area contributed by atoms with Crippen LogP contribution in [0.4, 0.5) is 0 Å². The maximum absolute atomic E-state index is 2.68. The average molecular weight is 321 g/mol. The maximum Gasteiger partial charge on any atom is -0.0191 e. The molecule has 0 heteroatoms. The highest BCUT2D eigenvalue weighted by Gasteiger charge is 2.79. The van der Waals surface area contributed by atoms with Crippen LogP contribution in [-0.2, 0) is 0 Å². The molecular weight excluding hydrogens is 288 g/mol. The second kappa shape index (κ2) is 3.59. The van der Waals surface area contributed by atoms with Crippen molar-refractivity contribution in [2.75, 3.05) is 0 Å². The quantitative estimate of drug-likeness (QED) is 0.556. The lowest BCUT2D eigenvalue weighted by atomic mass is 9.42. The van der Waals surface area contributed by atoms with Gasteiger partial charge in [0.25, 0.3) is 0 Å². The van der Waals surface area contributed by atoms with Gasteiger partial charge >= 0.3 is 0 Å². The van der Waals surface area contributed by atoms with E-state index in [0.717, 1.165) is 28.6 Å². The zero-order chi connectivity index (χ0) is 15.4. The van der Waals surface area contributed by atoms with E-state index in [1.807, 2.05) is 0 Å². The zero-order valence-electron chi connectivity index (χ0n) is 15.2. The number of allylic oxidation sites excluding steroid dienone is 2. The molecule has 0 nitrogen and oxygen atoms in total. The largest absolute Gasteiger partial charge is 0.0851 e. The van der Waals surface area contributed by atoms with E-state index in [9.17, 15) is 0 Å². The van der Waals surface area contributed by atoms with Crippen molar-refractivity contribution in [1.29, 1.82) is 0 Å². The monoisotopic (exact) mass is 320 g/mol. The standard InChI is InChI=1S/C24H32/c1-2-23-9-14-6-15-17-11-24(8-12-3-4-13(5-12)21(17)24)22(15)16-7-19(23)18(10-23)20(14)16/h3-4,12-22H,2,5-11H2,1H3. The molecule has 24 heavy (non-hydrogen) atoms. The van der Waals surface area contributed by atoms with Crippen molar-refractivity contribution < 1.29 is 0 Å². The smallest absolute Gasteiger partial charge is 0.0191 e. The maximum atomic E-state index is 2.68. The number of hydrogen-bond donors (Lipinski definition) is 0. The summed E-state index contributed by atoms with van der Waals surface area (Å²) in [6.45, 7) is 2.52. The first-order valence-corrected chi connectivity index (χ1v) is 11.4. The van der Waals surface area contributed by atoms with Crippen LogP contribution in [0.1, 0.15) is 58.3 Å². The Hall–Kier alpha value is -0.260. The predicted molar refractivity (Wildman–Crippen MR) is 95.0 cm³/mol. The fraction of sp³-hybridized carbons (Fsp3) is 0.917. The van der Waals surface area contributed by atoms with Crippen molar-refractivity contribution in [3.63, 3.8) is 0 Å². The molecule has 8 bridgehead atoms. The van der Waals surface area contributed by atoms with Gasteiger partial charge in [0, 0.05) is 0 Å². The third-order valence-corrected chi connectivity index (χ3v) is 12.1. The van der Waals surface area contributed by atoms with E-state index in [1.165, 1.54) is 53.8 Å². The molecule has 0 spiro atoms. The van der Waals surface area contributed by atoms with Gasteiger partial charge in [0.05, 0.1) is 0 Å². The summed E-state index contributed by atoms with van der Waals surface area (Å²) in [5.41, 5.74) is 1.69. The molecule has 8 rings (SSSR count). The second-order valence-electron chi connectivity index (χ2n) is 11.9. The van der Waals surface area contributed by atoms with Crippen LogP contribution in [0.5, 0.6) is 0 Å². The molecule has 7 saturated carbocycles. The summed E-state index contributed by atoms with van der Waals surface area (Å²) < 4.78 is 0. The first-order valence-electron chi connectivity index (χ1n) is 11.4. The van der Waals surface area contributed by atoms with E-state index in [2.05, 4.69) is 19.1 Å². The molecular formula is C24H32. The highest BCUT2D eigenvalue weighted by molar-refractivity contribution is 5.30. The van der Waals surface area contributed by atoms with E-state index >= 15 is 0 Å². The summed E-state index contributed by atoms with van der Waals surface area (Å²) in [5.74, 6) is 12.6. The number of fused-ring (bicyclic) bond motifs is 5. The van der Waals surface area contributed by atoms with Crippen molar-refractivity contribution in [2.45, 2.75) is 58.3 Å². The lowest BCUT2D eigenvalue weighted by molar-refractivity contribution is -0.140. The molecule has 8 aliphatic rings. The minimum absolute atomic E-state index is 0.841. The Balaban J connectivity index is 1.25. The van der Waals surface area contributed by atoms with Crippen LogP contribution in [0.25, 0.3) is 0 Å². The minimum atomic E-state index is 0.841. The Bertz CT molecular complexity index is 676. The van der Waals surface area contributed by atoms with Crippen LogP contribution in [0.2, 0.25) is 0 Å². The van der Waals surface area contributed by atoms with Gasteiger partial charge in [0.1, 0.15) is 0 Å². The van der Waals surface area contributed by atoms with Gasteiger partial charge in [-0.25, -0.2) is 0 Å². The summed E-state index contributed by atoms with van der Waals surface area (Å²) >= 11 is 0. The number of hydrogen-bond acceptors (Lipinski definition) is 0. The van der Waals surface area contributed by atoms with E-state index in [1.54, 1.807) is 44.9 Å². The highest BCUT2D eigenvalue weighted by atomic mass is 14.8. The first kappa shape index (κ1) is 13.0. The van der Waals surface area contributed by atoms with Gasteiger partial charge in [-0.15, -0.1) is 0 Å². The highest BCUT2D eigenvalue weighted by Crippen LogP contribution is 2.85. The Morgan fingerprint density at radius 2 is 1.79 bits per heavy atom. The van der Waals surface area contributed by atoms with Crippen LogP contribution in [-0.4, -0.2) is 0 Å². The molecule has 0 aromatic rings. The van der Waals surface area contributed by atoms with Crippen molar-refractivity contribution in [2.24, 2.45) is 75.9 Å². The normalized spacial score (nSPS) is 74.5. The molecule has 0 aromatic heterocycles. The molecule has 0 aromatic carbocycles. The van der Waals surface area contributed by atoms with Crippen molar-refractivity contribution in [3.8, 4) is 0 Å². The van der Waals surface area contributed by atoms with E-state index in [4.69, 9.17) is 0 Å². The zero-order valence-corrected chi connectivity index (χ0v) is 15.2. The van der Waals surface area contributed by atoms with Gasteiger partial charge < -0.3 is 0 Å². The second-order valence-corrected chi connectivity index (χ2v) is 11.9. The topological polar surface area (TPSA) is 0 Å². The van der Waals surface area contributed by atoms with Gasteiger partial charge in [-0.3, -0.25) is 0 Å². The molecule has 13 atom stereocenters. The first-order chi connectivity index (χ1) is 11.7. The fourth-order valence-electron chi connectivity index (χ4n) is 12.1. The lowest BCUT2D eigenvalue weighted by Crippen LogP contribution is -2.56. The fourth-order valence-corrected chi connectivity index (χ4v) is 12.1. The molecule has 0 saturated heterocycles. The molecule has 8 aliphatic carbocycles. The molecule has 128 valence electrons. The van der Waals surface area contributed by atoms with Gasteiger partial charge in [-0.05, 0) is 121 Å². The van der Waals surface area contributed by atoms with Crippen LogP contribution in [0.3, 0.4) is 0 Å². The Labute approximate surface area is 146 Å². The molecule has 7 fully saturated rings.